The van der Waals surface area contributed by atoms with Crippen LogP contribution in [-0.4, -0.2) is 25.2 Å². The number of Topliss-reactive ketones (excluding diaryl/α,β-unsaturated/α-hetero) is 1. The Labute approximate surface area is 111 Å². The lowest BCUT2D eigenvalue weighted by Crippen LogP contribution is -2.41. The second kappa shape index (κ2) is 4.97. The highest BCUT2D eigenvalue weighted by Gasteiger charge is 2.38. The Bertz CT molecular complexity index is 579. The predicted molar refractivity (Wildman–Crippen MR) is 69.0 cm³/mol. The largest absolute Gasteiger partial charge is 0.298 e. The van der Waals surface area contributed by atoms with Crippen molar-refractivity contribution in [2.24, 2.45) is 0 Å². The van der Waals surface area contributed by atoms with Crippen molar-refractivity contribution < 1.29 is 17.6 Å². The quantitative estimate of drug-likeness (QED) is 0.856. The molecule has 1 aromatic carbocycles. The van der Waals surface area contributed by atoms with E-state index in [1.54, 1.807) is 0 Å². The predicted octanol–water partition coefficient (Wildman–Crippen LogP) is 2.41. The molecule has 1 aromatic rings. The van der Waals surface area contributed by atoms with Gasteiger partial charge in [-0.05, 0) is 37.6 Å². The summed E-state index contributed by atoms with van der Waals surface area (Å²) >= 11 is 5.71. The molecule has 6 heteroatoms. The molecule has 0 N–H and O–H groups in total. The molecule has 0 saturated heterocycles. The lowest BCUT2D eigenvalue weighted by atomic mass is 10.00. The van der Waals surface area contributed by atoms with Gasteiger partial charge in [-0.1, -0.05) is 11.6 Å². The van der Waals surface area contributed by atoms with Crippen LogP contribution in [0.1, 0.15) is 19.4 Å². The van der Waals surface area contributed by atoms with Crippen LogP contribution in [-0.2, 0) is 21.1 Å². The lowest BCUT2D eigenvalue weighted by molar-refractivity contribution is -0.120. The number of halogens is 2. The Morgan fingerprint density at radius 3 is 2.44 bits per heavy atom. The van der Waals surface area contributed by atoms with Crippen molar-refractivity contribution in [3.8, 4) is 0 Å². The van der Waals surface area contributed by atoms with Crippen LogP contribution in [0.2, 0.25) is 5.02 Å². The van der Waals surface area contributed by atoms with Crippen molar-refractivity contribution in [1.82, 2.24) is 0 Å². The van der Waals surface area contributed by atoms with Crippen molar-refractivity contribution >= 4 is 27.2 Å². The van der Waals surface area contributed by atoms with Gasteiger partial charge in [0.15, 0.2) is 15.6 Å². The van der Waals surface area contributed by atoms with Crippen LogP contribution >= 0.6 is 11.6 Å². The molecule has 0 radical (unpaired) electrons. The van der Waals surface area contributed by atoms with Crippen LogP contribution in [0, 0.1) is 5.82 Å². The zero-order valence-electron chi connectivity index (χ0n) is 10.3. The van der Waals surface area contributed by atoms with E-state index in [4.69, 9.17) is 11.6 Å². The minimum Gasteiger partial charge on any atom is -0.298 e. The highest BCUT2D eigenvalue weighted by molar-refractivity contribution is 7.92. The summed E-state index contributed by atoms with van der Waals surface area (Å²) in [7, 11) is -3.55. The first-order valence-corrected chi connectivity index (χ1v) is 7.49. The molecule has 18 heavy (non-hydrogen) atoms. The topological polar surface area (TPSA) is 51.2 Å². The standard InChI is InChI=1S/C12H14ClFO3S/c1-12(2,18(3,16)17)11(15)7-8-6-9(13)4-5-10(8)14/h4-6H,7H2,1-3H3. The van der Waals surface area contributed by atoms with E-state index in [1.807, 2.05) is 0 Å². The Kier molecular flexibility index (Phi) is 4.18. The third-order valence-corrected chi connectivity index (χ3v) is 5.27. The smallest absolute Gasteiger partial charge is 0.159 e. The maximum absolute atomic E-state index is 13.5. The maximum Gasteiger partial charge on any atom is 0.159 e. The molecule has 0 amide bonds. The van der Waals surface area contributed by atoms with Crippen molar-refractivity contribution in [2.75, 3.05) is 6.26 Å². The van der Waals surface area contributed by atoms with Gasteiger partial charge in [-0.25, -0.2) is 12.8 Å². The number of benzene rings is 1. The molecule has 0 aromatic heterocycles. The molecule has 0 spiro atoms. The zero-order valence-corrected chi connectivity index (χ0v) is 11.9. The summed E-state index contributed by atoms with van der Waals surface area (Å²) in [5.74, 6) is -1.14. The van der Waals surface area contributed by atoms with E-state index in [-0.39, 0.29) is 12.0 Å². The third-order valence-electron chi connectivity index (χ3n) is 2.96. The minimum atomic E-state index is -3.55. The van der Waals surface area contributed by atoms with E-state index >= 15 is 0 Å². The summed E-state index contributed by atoms with van der Waals surface area (Å²) < 4.78 is 34.9. The summed E-state index contributed by atoms with van der Waals surface area (Å²) in [4.78, 5) is 12.0. The molecular formula is C12H14ClFO3S. The number of rotatable bonds is 4. The Hall–Kier alpha value is -0.940. The SMILES string of the molecule is CC(C)(C(=O)Cc1cc(Cl)ccc1F)S(C)(=O)=O. The summed E-state index contributed by atoms with van der Waals surface area (Å²) in [6.45, 7) is 2.63. The van der Waals surface area contributed by atoms with Crippen LogP contribution in [0.3, 0.4) is 0 Å². The van der Waals surface area contributed by atoms with E-state index < -0.39 is 26.2 Å². The minimum absolute atomic E-state index is 0.101. The monoisotopic (exact) mass is 292 g/mol. The number of carbonyl (C=O) groups is 1. The van der Waals surface area contributed by atoms with Crippen molar-refractivity contribution in [1.29, 1.82) is 0 Å². The average molecular weight is 293 g/mol. The van der Waals surface area contributed by atoms with Crippen LogP contribution in [0.25, 0.3) is 0 Å². The van der Waals surface area contributed by atoms with Gasteiger partial charge < -0.3 is 0 Å². The number of hydrogen-bond donors (Lipinski definition) is 0. The van der Waals surface area contributed by atoms with E-state index in [2.05, 4.69) is 0 Å². The second-order valence-electron chi connectivity index (χ2n) is 4.62. The first-order valence-electron chi connectivity index (χ1n) is 5.22. The molecule has 100 valence electrons. The highest BCUT2D eigenvalue weighted by Crippen LogP contribution is 2.22. The molecule has 1 rings (SSSR count). The maximum atomic E-state index is 13.5. The average Bonchev–Trinajstić information content (AvgIpc) is 2.21. The molecule has 0 bridgehead atoms. The fraction of sp³-hybridized carbons (Fsp3) is 0.417. The molecule has 0 heterocycles. The van der Waals surface area contributed by atoms with Gasteiger partial charge in [-0.2, -0.15) is 0 Å². The van der Waals surface area contributed by atoms with E-state index in [9.17, 15) is 17.6 Å². The van der Waals surface area contributed by atoms with Gasteiger partial charge in [0.05, 0.1) is 0 Å². The summed E-state index contributed by atoms with van der Waals surface area (Å²) in [6, 6.07) is 3.85. The van der Waals surface area contributed by atoms with E-state index in [1.165, 1.54) is 26.0 Å². The van der Waals surface area contributed by atoms with Gasteiger partial charge in [-0.3, -0.25) is 4.79 Å². The van der Waals surface area contributed by atoms with Crippen LogP contribution in [0.5, 0.6) is 0 Å². The first kappa shape index (κ1) is 15.1. The summed E-state index contributed by atoms with van der Waals surface area (Å²) in [5, 5.41) is 0.302. The van der Waals surface area contributed by atoms with Crippen LogP contribution in [0.15, 0.2) is 18.2 Å². The lowest BCUT2D eigenvalue weighted by Gasteiger charge is -2.20. The number of sulfone groups is 1. The zero-order chi connectivity index (χ0) is 14.1. The van der Waals surface area contributed by atoms with Crippen molar-refractivity contribution in [3.05, 3.63) is 34.6 Å². The fourth-order valence-corrected chi connectivity index (χ4v) is 1.95. The fourth-order valence-electron chi connectivity index (χ4n) is 1.27. The van der Waals surface area contributed by atoms with Gasteiger partial charge in [-0.15, -0.1) is 0 Å². The Morgan fingerprint density at radius 2 is 1.94 bits per heavy atom. The molecule has 0 fully saturated rings. The number of hydrogen-bond acceptors (Lipinski definition) is 3. The van der Waals surface area contributed by atoms with Gasteiger partial charge in [0.2, 0.25) is 0 Å². The summed E-state index contributed by atoms with van der Waals surface area (Å²) in [6.07, 6.45) is 0.686. The first-order chi connectivity index (χ1) is 8.05. The molecule has 0 aliphatic rings. The third kappa shape index (κ3) is 3.09. The molecule has 0 saturated carbocycles. The van der Waals surface area contributed by atoms with E-state index in [0.717, 1.165) is 12.3 Å². The normalized spacial score (nSPS) is 12.5. The van der Waals surface area contributed by atoms with Gasteiger partial charge in [0.1, 0.15) is 10.6 Å². The molecule has 0 atom stereocenters. The van der Waals surface area contributed by atoms with Gasteiger partial charge in [0, 0.05) is 17.7 Å². The molecule has 0 aliphatic heterocycles. The highest BCUT2D eigenvalue weighted by atomic mass is 35.5. The number of ketones is 1. The molecule has 0 unspecified atom stereocenters. The molecule has 0 aliphatic carbocycles. The second-order valence-corrected chi connectivity index (χ2v) is 7.62. The van der Waals surface area contributed by atoms with Crippen LogP contribution in [0.4, 0.5) is 4.39 Å². The van der Waals surface area contributed by atoms with E-state index in [0.29, 0.717) is 5.02 Å². The van der Waals surface area contributed by atoms with Crippen molar-refractivity contribution in [2.45, 2.75) is 25.0 Å². The van der Waals surface area contributed by atoms with Gasteiger partial charge in [0.25, 0.3) is 0 Å². The van der Waals surface area contributed by atoms with Gasteiger partial charge >= 0.3 is 0 Å². The Balaban J connectivity index is 3.06. The molecule has 3 nitrogen and oxygen atoms in total. The van der Waals surface area contributed by atoms with Crippen molar-refractivity contribution in [3.63, 3.8) is 0 Å². The molecular weight excluding hydrogens is 279 g/mol. The summed E-state index contributed by atoms with van der Waals surface area (Å²) in [5.41, 5.74) is 0.101. The van der Waals surface area contributed by atoms with Crippen LogP contribution < -0.4 is 0 Å². The number of carbonyl (C=O) groups excluding carboxylic acids is 1. The Morgan fingerprint density at radius 1 is 1.39 bits per heavy atom.